The van der Waals surface area contributed by atoms with Gasteiger partial charge in [-0.2, -0.15) is 0 Å². The molecule has 6 atom stereocenters. The Morgan fingerprint density at radius 1 is 1.03 bits per heavy atom. The van der Waals surface area contributed by atoms with Crippen LogP contribution < -0.4 is 0 Å². The summed E-state index contributed by atoms with van der Waals surface area (Å²) in [6.07, 6.45) is 12.9. The molecule has 1 aromatic rings. The van der Waals surface area contributed by atoms with Crippen LogP contribution in [0.1, 0.15) is 64.0 Å². The fourth-order valence-corrected chi connectivity index (χ4v) is 6.90. The Morgan fingerprint density at radius 2 is 1.82 bits per heavy atom. The molecule has 1 aromatic carbocycles. The number of aliphatic hydroxyl groups is 1. The Labute approximate surface area is 230 Å². The second-order valence-electron chi connectivity index (χ2n) is 11.3. The summed E-state index contributed by atoms with van der Waals surface area (Å²) < 4.78 is 12.5. The van der Waals surface area contributed by atoms with E-state index in [9.17, 15) is 19.5 Å². The molecule has 1 spiro atoms. The predicted molar refractivity (Wildman–Crippen MR) is 145 cm³/mol. The number of allylic oxidation sites excluding steroid dienone is 1. The summed E-state index contributed by atoms with van der Waals surface area (Å²) in [5.74, 6) is -2.95. The monoisotopic (exact) mass is 536 g/mol. The molecule has 1 N–H and O–H groups in total. The summed E-state index contributed by atoms with van der Waals surface area (Å²) in [6.45, 7) is 4.81. The first kappa shape index (κ1) is 27.6. The molecule has 2 fully saturated rings. The largest absolute Gasteiger partial charge is 0.465 e. The van der Waals surface area contributed by atoms with Crippen molar-refractivity contribution in [2.45, 2.75) is 75.7 Å². The van der Waals surface area contributed by atoms with Crippen LogP contribution in [-0.4, -0.2) is 76.2 Å². The first-order valence-electron chi connectivity index (χ1n) is 14.4. The summed E-state index contributed by atoms with van der Waals surface area (Å²) in [4.78, 5) is 45.8. The normalized spacial score (nSPS) is 34.1. The van der Waals surface area contributed by atoms with Gasteiger partial charge in [-0.25, -0.2) is 0 Å². The summed E-state index contributed by atoms with van der Waals surface area (Å²) >= 11 is 0. The van der Waals surface area contributed by atoms with Crippen LogP contribution in [0.15, 0.2) is 54.6 Å². The van der Waals surface area contributed by atoms with Gasteiger partial charge in [-0.1, -0.05) is 74.4 Å². The van der Waals surface area contributed by atoms with Crippen molar-refractivity contribution in [3.05, 3.63) is 60.2 Å². The Morgan fingerprint density at radius 3 is 2.56 bits per heavy atom. The van der Waals surface area contributed by atoms with E-state index >= 15 is 0 Å². The minimum absolute atomic E-state index is 0.217. The van der Waals surface area contributed by atoms with Crippen LogP contribution in [0.4, 0.5) is 0 Å². The fraction of sp³-hybridized carbons (Fsp3) is 0.581. The lowest BCUT2D eigenvalue weighted by Crippen LogP contribution is -2.57. The first-order chi connectivity index (χ1) is 18.9. The third-order valence-corrected chi connectivity index (χ3v) is 8.75. The third kappa shape index (κ3) is 4.72. The van der Waals surface area contributed by atoms with Crippen molar-refractivity contribution in [3.8, 4) is 0 Å². The van der Waals surface area contributed by atoms with Gasteiger partial charge in [0, 0.05) is 13.1 Å². The molecule has 39 heavy (non-hydrogen) atoms. The van der Waals surface area contributed by atoms with Gasteiger partial charge in [0.15, 0.2) is 0 Å². The molecule has 2 amide bonds. The van der Waals surface area contributed by atoms with E-state index in [0.717, 1.165) is 44.1 Å². The number of nitrogens with zero attached hydrogens (tertiary/aromatic N) is 2. The number of hydrogen-bond acceptors (Lipinski definition) is 6. The molecule has 0 saturated carbocycles. The second-order valence-corrected chi connectivity index (χ2v) is 11.3. The summed E-state index contributed by atoms with van der Waals surface area (Å²) in [5.41, 5.74) is -1.77. The summed E-state index contributed by atoms with van der Waals surface area (Å²) in [5, 5.41) is 10.6. The number of fused-ring (bicyclic) bond motifs is 2. The molecule has 8 heteroatoms. The van der Waals surface area contributed by atoms with Gasteiger partial charge >= 0.3 is 5.97 Å². The number of rotatable bonds is 7. The number of carbonyl (C=O) groups is 3. The lowest BCUT2D eigenvalue weighted by molar-refractivity contribution is -0.161. The molecule has 5 rings (SSSR count). The molecule has 1 unspecified atom stereocenters. The summed E-state index contributed by atoms with van der Waals surface area (Å²) in [6, 6.07) is 7.46. The smallest absolute Gasteiger partial charge is 0.313 e. The zero-order chi connectivity index (χ0) is 27.6. The molecule has 0 aromatic heterocycles. The van der Waals surface area contributed by atoms with E-state index in [0.29, 0.717) is 13.1 Å². The standard InChI is InChI=1S/C31H40N2O6/c1-3-4-11-18-32-19-13-17-31-24(25-29(37)38-20-12-6-5-10-16-30(25,2)39-31)27(35)33(26(31)28(32)36)23(21-34)22-14-8-7-9-15-22/h7-10,13-17,23-26,34H,3-6,11-12,18-21H2,1-2H3/b16-10-/t23-,24+,25-,26?,30+,31+/m1/s1. The Balaban J connectivity index is 1.65. The Bertz CT molecular complexity index is 1140. The van der Waals surface area contributed by atoms with E-state index in [4.69, 9.17) is 9.47 Å². The highest BCUT2D eigenvalue weighted by atomic mass is 16.6. The van der Waals surface area contributed by atoms with Gasteiger partial charge in [0.25, 0.3) is 0 Å². The second kappa shape index (κ2) is 11.3. The highest BCUT2D eigenvalue weighted by Crippen LogP contribution is 2.58. The quantitative estimate of drug-likeness (QED) is 0.325. The van der Waals surface area contributed by atoms with Crippen LogP contribution in [0, 0.1) is 11.8 Å². The van der Waals surface area contributed by atoms with Gasteiger partial charge in [0.1, 0.15) is 17.6 Å². The number of hydrogen-bond donors (Lipinski definition) is 1. The number of cyclic esters (lactones) is 1. The maximum Gasteiger partial charge on any atom is 0.313 e. The average Bonchev–Trinajstić information content (AvgIpc) is 3.26. The van der Waals surface area contributed by atoms with Gasteiger partial charge in [-0.05, 0) is 38.2 Å². The molecule has 8 nitrogen and oxygen atoms in total. The number of benzene rings is 1. The SMILES string of the molecule is CCCCCN1CC=C[C@]23O[C@@]4(C)/C=C\CCCCOC(=O)[C@H]4[C@H]2C(=O)N([C@H](CO)c2ccccc2)C3C1=O. The third-order valence-electron chi connectivity index (χ3n) is 8.75. The lowest BCUT2D eigenvalue weighted by atomic mass is 9.74. The van der Waals surface area contributed by atoms with E-state index < -0.39 is 41.1 Å². The van der Waals surface area contributed by atoms with E-state index in [1.54, 1.807) is 4.90 Å². The number of amides is 2. The van der Waals surface area contributed by atoms with Gasteiger partial charge in [0.05, 0.1) is 30.8 Å². The van der Waals surface area contributed by atoms with Gasteiger partial charge in [0.2, 0.25) is 11.8 Å². The van der Waals surface area contributed by atoms with Crippen molar-refractivity contribution in [3.63, 3.8) is 0 Å². The number of esters is 1. The highest BCUT2D eigenvalue weighted by Gasteiger charge is 2.75. The van der Waals surface area contributed by atoms with Crippen molar-refractivity contribution in [1.82, 2.24) is 9.80 Å². The van der Waals surface area contributed by atoms with Crippen LogP contribution in [0.3, 0.4) is 0 Å². The zero-order valence-corrected chi connectivity index (χ0v) is 23.0. The van der Waals surface area contributed by atoms with Gasteiger partial charge in [-0.3, -0.25) is 14.4 Å². The van der Waals surface area contributed by atoms with Crippen LogP contribution in [0.5, 0.6) is 0 Å². The molecular weight excluding hydrogens is 496 g/mol. The number of likely N-dealkylation sites (tertiary alicyclic amines) is 1. The number of aliphatic hydroxyl groups excluding tert-OH is 1. The number of ether oxygens (including phenoxy) is 2. The molecule has 2 saturated heterocycles. The van der Waals surface area contributed by atoms with E-state index in [1.807, 2.05) is 61.6 Å². The lowest BCUT2D eigenvalue weighted by Gasteiger charge is -2.40. The average molecular weight is 537 g/mol. The molecule has 4 heterocycles. The van der Waals surface area contributed by atoms with Crippen LogP contribution in [0.2, 0.25) is 0 Å². The molecule has 0 radical (unpaired) electrons. The molecule has 0 aliphatic carbocycles. The van der Waals surface area contributed by atoms with E-state index in [-0.39, 0.29) is 25.0 Å². The van der Waals surface area contributed by atoms with Crippen LogP contribution in [-0.2, 0) is 23.9 Å². The molecule has 0 bridgehead atoms. The number of unbranched alkanes of at least 4 members (excludes halogenated alkanes) is 2. The van der Waals surface area contributed by atoms with Crippen LogP contribution in [0.25, 0.3) is 0 Å². The minimum Gasteiger partial charge on any atom is -0.465 e. The molecule has 4 aliphatic heterocycles. The van der Waals surface area contributed by atoms with Gasteiger partial charge < -0.3 is 24.4 Å². The fourth-order valence-electron chi connectivity index (χ4n) is 6.90. The molecular formula is C31H40N2O6. The summed E-state index contributed by atoms with van der Waals surface area (Å²) in [7, 11) is 0. The predicted octanol–water partition coefficient (Wildman–Crippen LogP) is 3.56. The van der Waals surface area contributed by atoms with Crippen molar-refractivity contribution < 1.29 is 29.0 Å². The van der Waals surface area contributed by atoms with E-state index in [1.165, 1.54) is 4.90 Å². The Hall–Kier alpha value is -2.97. The van der Waals surface area contributed by atoms with Crippen LogP contribution >= 0.6 is 0 Å². The topological polar surface area (TPSA) is 96.4 Å². The zero-order valence-electron chi connectivity index (χ0n) is 23.0. The van der Waals surface area contributed by atoms with Crippen molar-refractivity contribution in [1.29, 1.82) is 0 Å². The maximum atomic E-state index is 14.5. The molecule has 4 aliphatic rings. The Kier molecular flexibility index (Phi) is 7.96. The van der Waals surface area contributed by atoms with Crippen molar-refractivity contribution in [2.24, 2.45) is 11.8 Å². The minimum atomic E-state index is -1.37. The highest BCUT2D eigenvalue weighted by molar-refractivity contribution is 5.99. The van der Waals surface area contributed by atoms with E-state index in [2.05, 4.69) is 6.92 Å². The maximum absolute atomic E-state index is 14.5. The van der Waals surface area contributed by atoms with Crippen molar-refractivity contribution >= 4 is 17.8 Å². The van der Waals surface area contributed by atoms with Gasteiger partial charge in [-0.15, -0.1) is 0 Å². The van der Waals surface area contributed by atoms with Crippen molar-refractivity contribution in [2.75, 3.05) is 26.3 Å². The molecule has 210 valence electrons. The first-order valence-corrected chi connectivity index (χ1v) is 14.4. The number of carbonyl (C=O) groups excluding carboxylic acids is 3.